The van der Waals surface area contributed by atoms with Gasteiger partial charge in [-0.25, -0.2) is 0 Å². The highest BCUT2D eigenvalue weighted by Gasteiger charge is 2.31. The lowest BCUT2D eigenvalue weighted by atomic mass is 10.0. The smallest absolute Gasteiger partial charge is 0.0984 e. The third-order valence-corrected chi connectivity index (χ3v) is 6.37. The topological polar surface area (TPSA) is 53.3 Å². The summed E-state index contributed by atoms with van der Waals surface area (Å²) in [4.78, 5) is 4.76. The van der Waals surface area contributed by atoms with Crippen molar-refractivity contribution in [3.05, 3.63) is 59.7 Å². The van der Waals surface area contributed by atoms with E-state index in [1.165, 1.54) is 22.5 Å². The van der Waals surface area contributed by atoms with E-state index in [1.54, 1.807) is 7.11 Å². The van der Waals surface area contributed by atoms with Gasteiger partial charge in [-0.15, -0.1) is 0 Å². The second kappa shape index (κ2) is 9.79. The highest BCUT2D eigenvalue weighted by atomic mass is 16.6. The second-order valence-electron chi connectivity index (χ2n) is 9.23. The van der Waals surface area contributed by atoms with Crippen LogP contribution in [0.25, 0.3) is 0 Å². The zero-order valence-corrected chi connectivity index (χ0v) is 19.1. The van der Waals surface area contributed by atoms with Gasteiger partial charge in [-0.2, -0.15) is 0 Å². The van der Waals surface area contributed by atoms with Gasteiger partial charge >= 0.3 is 0 Å². The summed E-state index contributed by atoms with van der Waals surface area (Å²) in [5, 5.41) is 0. The van der Waals surface area contributed by atoms with E-state index in [0.29, 0.717) is 18.3 Å². The van der Waals surface area contributed by atoms with E-state index in [-0.39, 0.29) is 6.10 Å². The first-order valence-electron chi connectivity index (χ1n) is 11.7. The van der Waals surface area contributed by atoms with Crippen molar-refractivity contribution in [2.75, 3.05) is 62.9 Å². The zero-order chi connectivity index (χ0) is 21.9. The van der Waals surface area contributed by atoms with E-state index in [4.69, 9.17) is 18.9 Å². The number of epoxide rings is 3. The van der Waals surface area contributed by atoms with Gasteiger partial charge in [-0.05, 0) is 48.7 Å². The van der Waals surface area contributed by atoms with Crippen molar-refractivity contribution in [1.82, 2.24) is 0 Å². The number of hydrogen-bond donors (Lipinski definition) is 0. The third-order valence-electron chi connectivity index (χ3n) is 6.37. The summed E-state index contributed by atoms with van der Waals surface area (Å²) >= 11 is 0. The van der Waals surface area contributed by atoms with Crippen LogP contribution >= 0.6 is 0 Å². The first kappa shape index (κ1) is 21.7. The molecule has 172 valence electrons. The molecule has 3 fully saturated rings. The monoisotopic (exact) mass is 438 g/mol. The average Bonchev–Trinajstić information content (AvgIpc) is 3.65. The van der Waals surface area contributed by atoms with Crippen LogP contribution in [0.3, 0.4) is 0 Å². The molecular weight excluding hydrogens is 404 g/mol. The summed E-state index contributed by atoms with van der Waals surface area (Å²) in [5.41, 5.74) is 5.12. The minimum Gasteiger partial charge on any atom is -0.380 e. The standard InChI is InChI=1S/C26H34N2O4/c1-19(29-2)12-27(13-24-16-30-24)22-7-3-20(4-8-22)11-21-5-9-23(10-6-21)28(14-25-17-31-25)15-26-18-32-26/h3-10,19,24-26H,11-18H2,1-2H3. The minimum absolute atomic E-state index is 0.185. The molecule has 3 aliphatic rings. The molecule has 32 heavy (non-hydrogen) atoms. The summed E-state index contributed by atoms with van der Waals surface area (Å²) in [7, 11) is 1.77. The maximum Gasteiger partial charge on any atom is 0.0984 e. The van der Waals surface area contributed by atoms with Crippen LogP contribution in [0.5, 0.6) is 0 Å². The van der Waals surface area contributed by atoms with E-state index in [9.17, 15) is 0 Å². The summed E-state index contributed by atoms with van der Waals surface area (Å²) in [6.07, 6.45) is 2.23. The van der Waals surface area contributed by atoms with Gasteiger partial charge in [0.05, 0.1) is 44.2 Å². The average molecular weight is 439 g/mol. The molecule has 2 aromatic rings. The molecule has 0 amide bonds. The Morgan fingerprint density at radius 2 is 1.16 bits per heavy atom. The Balaban J connectivity index is 1.20. The summed E-state index contributed by atoms with van der Waals surface area (Å²) in [6.45, 7) is 8.42. The van der Waals surface area contributed by atoms with Crippen LogP contribution in [-0.4, -0.2) is 77.5 Å². The number of anilines is 2. The maximum absolute atomic E-state index is 5.48. The van der Waals surface area contributed by atoms with E-state index in [0.717, 1.165) is 52.4 Å². The molecule has 6 nitrogen and oxygen atoms in total. The molecule has 3 aliphatic heterocycles. The molecule has 2 aromatic carbocycles. The summed E-state index contributed by atoms with van der Waals surface area (Å²) in [5.74, 6) is 0. The van der Waals surface area contributed by atoms with E-state index in [2.05, 4.69) is 65.3 Å². The fraction of sp³-hybridized carbons (Fsp3) is 0.538. The first-order chi connectivity index (χ1) is 15.7. The van der Waals surface area contributed by atoms with Crippen LogP contribution in [0.15, 0.2) is 48.5 Å². The van der Waals surface area contributed by atoms with Crippen LogP contribution in [0, 0.1) is 0 Å². The Labute approximate surface area is 191 Å². The van der Waals surface area contributed by atoms with Gasteiger partial charge in [0.1, 0.15) is 0 Å². The third kappa shape index (κ3) is 6.23. The quantitative estimate of drug-likeness (QED) is 0.448. The Morgan fingerprint density at radius 1 is 0.750 bits per heavy atom. The number of ether oxygens (including phenoxy) is 4. The summed E-state index contributed by atoms with van der Waals surface area (Å²) < 4.78 is 21.8. The largest absolute Gasteiger partial charge is 0.380 e. The predicted molar refractivity (Wildman–Crippen MR) is 126 cm³/mol. The van der Waals surface area contributed by atoms with Gasteiger partial charge in [-0.1, -0.05) is 24.3 Å². The SMILES string of the molecule is COC(C)CN(CC1CO1)c1ccc(Cc2ccc(N(CC3CO3)CC3CO3)cc2)cc1. The van der Waals surface area contributed by atoms with Gasteiger partial charge in [0.25, 0.3) is 0 Å². The molecule has 0 spiro atoms. The molecule has 4 unspecified atom stereocenters. The molecule has 0 saturated carbocycles. The first-order valence-corrected chi connectivity index (χ1v) is 11.7. The molecular formula is C26H34N2O4. The number of methoxy groups -OCH3 is 1. The molecule has 5 rings (SSSR count). The molecule has 0 N–H and O–H groups in total. The molecule has 0 aliphatic carbocycles. The van der Waals surface area contributed by atoms with Crippen molar-refractivity contribution in [2.45, 2.75) is 37.8 Å². The normalized spacial score (nSPS) is 24.1. The fourth-order valence-corrected chi connectivity index (χ4v) is 4.10. The van der Waals surface area contributed by atoms with Crippen molar-refractivity contribution in [3.63, 3.8) is 0 Å². The highest BCUT2D eigenvalue weighted by Crippen LogP contribution is 2.25. The Bertz CT molecular complexity index is 846. The number of hydrogen-bond acceptors (Lipinski definition) is 6. The molecule has 3 saturated heterocycles. The van der Waals surface area contributed by atoms with E-state index >= 15 is 0 Å². The van der Waals surface area contributed by atoms with Crippen molar-refractivity contribution < 1.29 is 18.9 Å². The van der Waals surface area contributed by atoms with Crippen LogP contribution < -0.4 is 9.80 Å². The number of nitrogens with zero attached hydrogens (tertiary/aromatic N) is 2. The van der Waals surface area contributed by atoms with Gasteiger partial charge < -0.3 is 28.7 Å². The lowest BCUT2D eigenvalue weighted by molar-refractivity contribution is 0.123. The van der Waals surface area contributed by atoms with Gasteiger partial charge in [-0.3, -0.25) is 0 Å². The van der Waals surface area contributed by atoms with Crippen molar-refractivity contribution in [1.29, 1.82) is 0 Å². The van der Waals surface area contributed by atoms with Gasteiger partial charge in [0, 0.05) is 44.7 Å². The lowest BCUT2D eigenvalue weighted by Gasteiger charge is -2.27. The van der Waals surface area contributed by atoms with Crippen LogP contribution in [0.2, 0.25) is 0 Å². The molecule has 0 aromatic heterocycles. The minimum atomic E-state index is 0.185. The molecule has 4 atom stereocenters. The fourth-order valence-electron chi connectivity index (χ4n) is 4.10. The lowest BCUT2D eigenvalue weighted by Crippen LogP contribution is -2.35. The van der Waals surface area contributed by atoms with Crippen molar-refractivity contribution in [2.24, 2.45) is 0 Å². The van der Waals surface area contributed by atoms with Crippen LogP contribution in [-0.2, 0) is 25.4 Å². The summed E-state index contributed by atoms with van der Waals surface area (Å²) in [6, 6.07) is 17.9. The van der Waals surface area contributed by atoms with Crippen LogP contribution in [0.1, 0.15) is 18.1 Å². The van der Waals surface area contributed by atoms with Gasteiger partial charge in [0.2, 0.25) is 0 Å². The van der Waals surface area contributed by atoms with Gasteiger partial charge in [0.15, 0.2) is 0 Å². The Kier molecular flexibility index (Phi) is 6.64. The van der Waals surface area contributed by atoms with Crippen molar-refractivity contribution in [3.8, 4) is 0 Å². The molecule has 3 heterocycles. The number of benzene rings is 2. The molecule has 0 radical (unpaired) electrons. The van der Waals surface area contributed by atoms with Crippen LogP contribution in [0.4, 0.5) is 11.4 Å². The second-order valence-corrected chi connectivity index (χ2v) is 9.23. The Morgan fingerprint density at radius 3 is 1.56 bits per heavy atom. The maximum atomic E-state index is 5.48. The molecule has 6 heteroatoms. The van der Waals surface area contributed by atoms with Crippen molar-refractivity contribution >= 4 is 11.4 Å². The molecule has 0 bridgehead atoms. The van der Waals surface area contributed by atoms with E-state index < -0.39 is 0 Å². The Hall–Kier alpha value is -2.12. The predicted octanol–water partition coefficient (Wildman–Crippen LogP) is 3.12. The highest BCUT2D eigenvalue weighted by molar-refractivity contribution is 5.51. The van der Waals surface area contributed by atoms with E-state index in [1.807, 2.05) is 0 Å². The zero-order valence-electron chi connectivity index (χ0n) is 19.1. The number of rotatable bonds is 13.